The van der Waals surface area contributed by atoms with Crippen LogP contribution in [0, 0.1) is 0 Å². The maximum Gasteiger partial charge on any atom is 0.0645 e. The summed E-state index contributed by atoms with van der Waals surface area (Å²) >= 11 is 0. The molecule has 1 aliphatic heterocycles. The number of unbranched alkanes of at least 4 members (excludes halogenated alkanes) is 1. The zero-order chi connectivity index (χ0) is 12.7. The van der Waals surface area contributed by atoms with E-state index in [9.17, 15) is 0 Å². The summed E-state index contributed by atoms with van der Waals surface area (Å²) in [4.78, 5) is 2.58. The van der Waals surface area contributed by atoms with Gasteiger partial charge in [0.05, 0.1) is 13.2 Å². The third-order valence-corrected chi connectivity index (χ3v) is 3.68. The van der Waals surface area contributed by atoms with Crippen molar-refractivity contribution >= 4 is 0 Å². The van der Waals surface area contributed by atoms with Crippen molar-refractivity contribution in [3.05, 3.63) is 0 Å². The lowest BCUT2D eigenvalue weighted by Gasteiger charge is -2.42. The van der Waals surface area contributed by atoms with Crippen molar-refractivity contribution in [2.45, 2.75) is 58.5 Å². The first-order valence-electron chi connectivity index (χ1n) is 7.12. The van der Waals surface area contributed by atoms with Crippen LogP contribution in [-0.2, 0) is 4.74 Å². The minimum absolute atomic E-state index is 0.228. The van der Waals surface area contributed by atoms with Crippen LogP contribution in [0.4, 0.5) is 0 Å². The van der Waals surface area contributed by atoms with E-state index >= 15 is 0 Å². The molecule has 0 spiro atoms. The lowest BCUT2D eigenvalue weighted by atomic mass is 10.0. The van der Waals surface area contributed by atoms with Gasteiger partial charge in [-0.2, -0.15) is 0 Å². The summed E-state index contributed by atoms with van der Waals surface area (Å²) in [6, 6.07) is 0.665. The van der Waals surface area contributed by atoms with Gasteiger partial charge in [-0.15, -0.1) is 0 Å². The van der Waals surface area contributed by atoms with Crippen LogP contribution in [0.5, 0.6) is 0 Å². The molecule has 0 radical (unpaired) electrons. The van der Waals surface area contributed by atoms with Crippen molar-refractivity contribution in [2.75, 3.05) is 32.8 Å². The maximum absolute atomic E-state index is 5.54. The minimum Gasteiger partial charge on any atom is -0.378 e. The molecule has 17 heavy (non-hydrogen) atoms. The fourth-order valence-electron chi connectivity index (χ4n) is 2.51. The summed E-state index contributed by atoms with van der Waals surface area (Å²) < 4.78 is 5.54. The summed E-state index contributed by atoms with van der Waals surface area (Å²) in [6.45, 7) is 14.2. The summed E-state index contributed by atoms with van der Waals surface area (Å²) in [5.74, 6) is 0. The van der Waals surface area contributed by atoms with Crippen LogP contribution in [0.3, 0.4) is 0 Å². The van der Waals surface area contributed by atoms with Crippen LogP contribution >= 0.6 is 0 Å². The quantitative estimate of drug-likeness (QED) is 0.693. The van der Waals surface area contributed by atoms with Crippen molar-refractivity contribution in [3.8, 4) is 0 Å². The molecule has 0 aromatic rings. The van der Waals surface area contributed by atoms with Crippen molar-refractivity contribution in [3.63, 3.8) is 0 Å². The van der Waals surface area contributed by atoms with Gasteiger partial charge in [0.15, 0.2) is 0 Å². The van der Waals surface area contributed by atoms with E-state index < -0.39 is 0 Å². The van der Waals surface area contributed by atoms with Crippen molar-refractivity contribution in [1.82, 2.24) is 10.2 Å². The molecule has 3 heteroatoms. The predicted octanol–water partition coefficient (Wildman–Crippen LogP) is 2.27. The van der Waals surface area contributed by atoms with Gasteiger partial charge < -0.3 is 10.1 Å². The topological polar surface area (TPSA) is 24.5 Å². The number of ether oxygens (including phenoxy) is 1. The maximum atomic E-state index is 5.54. The highest BCUT2D eigenvalue weighted by molar-refractivity contribution is 4.84. The molecular weight excluding hydrogens is 212 g/mol. The van der Waals surface area contributed by atoms with Gasteiger partial charge in [-0.3, -0.25) is 4.90 Å². The Morgan fingerprint density at radius 1 is 1.35 bits per heavy atom. The van der Waals surface area contributed by atoms with Gasteiger partial charge in [0.25, 0.3) is 0 Å². The van der Waals surface area contributed by atoms with E-state index in [1.54, 1.807) is 0 Å². The molecule has 1 fully saturated rings. The fraction of sp³-hybridized carbons (Fsp3) is 1.00. The summed E-state index contributed by atoms with van der Waals surface area (Å²) in [6.07, 6.45) is 3.92. The van der Waals surface area contributed by atoms with Crippen LogP contribution in [0.1, 0.15) is 47.0 Å². The van der Waals surface area contributed by atoms with Crippen LogP contribution < -0.4 is 5.32 Å². The lowest BCUT2D eigenvalue weighted by molar-refractivity contribution is -0.0513. The summed E-state index contributed by atoms with van der Waals surface area (Å²) in [5.41, 5.74) is 0.228. The molecule has 0 aromatic heterocycles. The molecular formula is C14H30N2O. The number of morpholine rings is 1. The normalized spacial score (nSPS) is 22.6. The first kappa shape index (κ1) is 14.9. The van der Waals surface area contributed by atoms with Crippen LogP contribution in [0.25, 0.3) is 0 Å². The van der Waals surface area contributed by atoms with E-state index in [0.717, 1.165) is 26.3 Å². The smallest absolute Gasteiger partial charge is 0.0645 e. The number of nitrogens with one attached hydrogen (secondary N) is 1. The van der Waals surface area contributed by atoms with Gasteiger partial charge >= 0.3 is 0 Å². The lowest BCUT2D eigenvalue weighted by Crippen LogP contribution is -2.53. The Balaban J connectivity index is 2.13. The summed E-state index contributed by atoms with van der Waals surface area (Å²) in [7, 11) is 0. The van der Waals surface area contributed by atoms with Crippen LogP contribution in [-0.4, -0.2) is 49.3 Å². The third kappa shape index (κ3) is 5.36. The Morgan fingerprint density at radius 2 is 2.12 bits per heavy atom. The Hall–Kier alpha value is -0.120. The molecule has 0 saturated carbocycles. The highest BCUT2D eigenvalue weighted by Crippen LogP contribution is 2.19. The highest BCUT2D eigenvalue weighted by Gasteiger charge is 2.29. The third-order valence-electron chi connectivity index (χ3n) is 3.68. The van der Waals surface area contributed by atoms with E-state index in [0.29, 0.717) is 6.04 Å². The van der Waals surface area contributed by atoms with Crippen LogP contribution in [0.15, 0.2) is 0 Å². The Kier molecular flexibility index (Phi) is 6.45. The minimum atomic E-state index is 0.228. The molecule has 102 valence electrons. The summed E-state index contributed by atoms with van der Waals surface area (Å²) in [5, 5.41) is 3.47. The zero-order valence-corrected chi connectivity index (χ0v) is 12.1. The predicted molar refractivity (Wildman–Crippen MR) is 73.5 cm³/mol. The zero-order valence-electron chi connectivity index (χ0n) is 12.1. The molecule has 0 aliphatic carbocycles. The second-order valence-corrected chi connectivity index (χ2v) is 5.81. The molecule has 1 aliphatic rings. The number of hydrogen-bond donors (Lipinski definition) is 1. The van der Waals surface area contributed by atoms with Gasteiger partial charge in [0.2, 0.25) is 0 Å². The van der Waals surface area contributed by atoms with E-state index in [4.69, 9.17) is 4.74 Å². The molecule has 1 unspecified atom stereocenters. The second kappa shape index (κ2) is 7.34. The number of nitrogens with zero attached hydrogens (tertiary/aromatic N) is 1. The molecule has 1 N–H and O–H groups in total. The first-order valence-corrected chi connectivity index (χ1v) is 7.12. The largest absolute Gasteiger partial charge is 0.378 e. The van der Waals surface area contributed by atoms with E-state index in [2.05, 4.69) is 37.9 Å². The highest BCUT2D eigenvalue weighted by atomic mass is 16.5. The molecule has 1 atom stereocenters. The average Bonchev–Trinajstić information content (AvgIpc) is 2.26. The van der Waals surface area contributed by atoms with Gasteiger partial charge in [0, 0.05) is 18.1 Å². The number of hydrogen-bond acceptors (Lipinski definition) is 3. The first-order chi connectivity index (χ1) is 8.06. The SMILES string of the molecule is CCNC(C)CCCCN1CCOCC1(C)C. The molecule has 1 rings (SSSR count). The molecule has 1 saturated heterocycles. The van der Waals surface area contributed by atoms with Crippen LogP contribution in [0.2, 0.25) is 0 Å². The standard InChI is InChI=1S/C14H30N2O/c1-5-15-13(2)8-6-7-9-16-10-11-17-12-14(16,3)4/h13,15H,5-12H2,1-4H3. The molecule has 0 bridgehead atoms. The molecule has 0 amide bonds. The van der Waals surface area contributed by atoms with E-state index in [-0.39, 0.29) is 5.54 Å². The fourth-order valence-corrected chi connectivity index (χ4v) is 2.51. The Labute approximate surface area is 107 Å². The Bertz CT molecular complexity index is 206. The van der Waals surface area contributed by atoms with Gasteiger partial charge in [-0.05, 0) is 46.7 Å². The monoisotopic (exact) mass is 242 g/mol. The second-order valence-electron chi connectivity index (χ2n) is 5.81. The molecule has 3 nitrogen and oxygen atoms in total. The van der Waals surface area contributed by atoms with Crippen molar-refractivity contribution in [2.24, 2.45) is 0 Å². The molecule has 0 aromatic carbocycles. The van der Waals surface area contributed by atoms with Gasteiger partial charge in [-0.25, -0.2) is 0 Å². The van der Waals surface area contributed by atoms with Gasteiger partial charge in [-0.1, -0.05) is 13.3 Å². The van der Waals surface area contributed by atoms with Crippen molar-refractivity contribution in [1.29, 1.82) is 0 Å². The average molecular weight is 242 g/mol. The van der Waals surface area contributed by atoms with Gasteiger partial charge in [0.1, 0.15) is 0 Å². The van der Waals surface area contributed by atoms with Crippen molar-refractivity contribution < 1.29 is 4.74 Å². The van der Waals surface area contributed by atoms with E-state index in [1.807, 2.05) is 0 Å². The Morgan fingerprint density at radius 3 is 2.76 bits per heavy atom. The molecule has 1 heterocycles. The van der Waals surface area contributed by atoms with E-state index in [1.165, 1.54) is 25.8 Å². The number of rotatable bonds is 7.